The fourth-order valence-corrected chi connectivity index (χ4v) is 3.65. The van der Waals surface area contributed by atoms with Crippen molar-refractivity contribution in [1.82, 2.24) is 15.2 Å². The summed E-state index contributed by atoms with van der Waals surface area (Å²) in [4.78, 5) is 31.1. The number of rotatable bonds is 6. The van der Waals surface area contributed by atoms with Crippen molar-refractivity contribution in [3.05, 3.63) is 54.4 Å². The highest BCUT2D eigenvalue weighted by atomic mass is 16.5. The van der Waals surface area contributed by atoms with Crippen LogP contribution < -0.4 is 5.32 Å². The molecule has 1 fully saturated rings. The molecule has 2 heterocycles. The van der Waals surface area contributed by atoms with Crippen LogP contribution in [0, 0.1) is 0 Å². The largest absolute Gasteiger partial charge is 0.361 e. The number of carbonyl (C=O) groups is 2. The van der Waals surface area contributed by atoms with E-state index in [-0.39, 0.29) is 18.4 Å². The van der Waals surface area contributed by atoms with Crippen molar-refractivity contribution in [1.29, 1.82) is 0 Å². The molecule has 2 amide bonds. The van der Waals surface area contributed by atoms with Gasteiger partial charge in [-0.05, 0) is 29.2 Å². The molecule has 6 nitrogen and oxygen atoms in total. The number of hydrogen-bond donors (Lipinski definition) is 1. The van der Waals surface area contributed by atoms with Crippen LogP contribution in [0.5, 0.6) is 0 Å². The van der Waals surface area contributed by atoms with Crippen LogP contribution in [-0.4, -0.2) is 54.0 Å². The lowest BCUT2D eigenvalue weighted by molar-refractivity contribution is -0.165. The van der Waals surface area contributed by atoms with Crippen LogP contribution in [0.4, 0.5) is 0 Å². The molecule has 1 aliphatic heterocycles. The summed E-state index contributed by atoms with van der Waals surface area (Å²) in [6.07, 6.45) is 5.23. The number of nitrogens with zero attached hydrogens (tertiary/aromatic N) is 2. The summed E-state index contributed by atoms with van der Waals surface area (Å²) in [7, 11) is 1.60. The first-order valence-corrected chi connectivity index (χ1v) is 9.71. The Morgan fingerprint density at radius 1 is 1.25 bits per heavy atom. The minimum Gasteiger partial charge on any atom is -0.361 e. The Morgan fingerprint density at radius 2 is 2.07 bits per heavy atom. The van der Waals surface area contributed by atoms with E-state index in [0.29, 0.717) is 26.0 Å². The molecule has 1 saturated heterocycles. The molecule has 0 unspecified atom stereocenters. The van der Waals surface area contributed by atoms with Crippen LogP contribution in [0.15, 0.2) is 48.8 Å². The number of aromatic nitrogens is 1. The van der Waals surface area contributed by atoms with Crippen molar-refractivity contribution in [2.45, 2.75) is 31.8 Å². The van der Waals surface area contributed by atoms with Crippen molar-refractivity contribution in [3.8, 4) is 11.1 Å². The highest BCUT2D eigenvalue weighted by molar-refractivity contribution is 5.87. The van der Waals surface area contributed by atoms with E-state index in [2.05, 4.69) is 16.4 Å². The van der Waals surface area contributed by atoms with Gasteiger partial charge in [0.25, 0.3) is 5.91 Å². The first-order valence-electron chi connectivity index (χ1n) is 9.71. The first-order chi connectivity index (χ1) is 13.6. The minimum absolute atomic E-state index is 0.0724. The first kappa shape index (κ1) is 20.0. The topological polar surface area (TPSA) is 71.5 Å². The van der Waals surface area contributed by atoms with Gasteiger partial charge >= 0.3 is 0 Å². The second-order valence-corrected chi connectivity index (χ2v) is 7.11. The lowest BCUT2D eigenvalue weighted by Gasteiger charge is -2.41. The van der Waals surface area contributed by atoms with Gasteiger partial charge in [0.2, 0.25) is 5.91 Å². The summed E-state index contributed by atoms with van der Waals surface area (Å²) >= 11 is 0. The molecule has 0 saturated carbocycles. The van der Waals surface area contributed by atoms with E-state index >= 15 is 0 Å². The number of carbonyl (C=O) groups excluding carboxylic acids is 2. The third-order valence-corrected chi connectivity index (χ3v) is 5.05. The van der Waals surface area contributed by atoms with Crippen molar-refractivity contribution in [2.24, 2.45) is 0 Å². The molecule has 3 rings (SSSR count). The molecule has 1 aliphatic rings. The molecule has 0 bridgehead atoms. The van der Waals surface area contributed by atoms with Gasteiger partial charge in [0.05, 0.1) is 13.2 Å². The molecule has 1 N–H and O–H groups in total. The Hall–Kier alpha value is -2.73. The summed E-state index contributed by atoms with van der Waals surface area (Å²) in [5.41, 5.74) is 1.95. The van der Waals surface area contributed by atoms with Gasteiger partial charge < -0.3 is 15.0 Å². The molecule has 1 atom stereocenters. The predicted octanol–water partition coefficient (Wildman–Crippen LogP) is 2.43. The van der Waals surface area contributed by atoms with E-state index in [1.807, 2.05) is 43.5 Å². The van der Waals surface area contributed by atoms with E-state index < -0.39 is 5.60 Å². The molecule has 1 aromatic heterocycles. The van der Waals surface area contributed by atoms with Crippen molar-refractivity contribution in [2.75, 3.05) is 26.7 Å². The summed E-state index contributed by atoms with van der Waals surface area (Å²) in [5, 5.41) is 2.72. The Labute approximate surface area is 165 Å². The number of ether oxygens (including phenoxy) is 1. The van der Waals surface area contributed by atoms with E-state index in [1.54, 1.807) is 18.1 Å². The van der Waals surface area contributed by atoms with Gasteiger partial charge in [-0.3, -0.25) is 14.6 Å². The standard InChI is InChI=1S/C22H27N3O3/c1-3-6-20(26)25-11-12-28-22(16-25,21(27)23-2)14-17-7-4-8-18(13-17)19-9-5-10-24-15-19/h4-5,7-10,13,15H,3,6,11-12,14,16H2,1-2H3,(H,23,27)/t22-/m1/s1. The van der Waals surface area contributed by atoms with E-state index in [1.165, 1.54) is 0 Å². The third kappa shape index (κ3) is 4.39. The highest BCUT2D eigenvalue weighted by Gasteiger charge is 2.44. The van der Waals surface area contributed by atoms with Gasteiger partial charge in [-0.1, -0.05) is 37.3 Å². The van der Waals surface area contributed by atoms with Gasteiger partial charge in [-0.15, -0.1) is 0 Å². The molecule has 2 aromatic rings. The van der Waals surface area contributed by atoms with Crippen molar-refractivity contribution < 1.29 is 14.3 Å². The fraction of sp³-hybridized carbons (Fsp3) is 0.409. The zero-order valence-corrected chi connectivity index (χ0v) is 16.5. The summed E-state index contributed by atoms with van der Waals surface area (Å²) in [5.74, 6) is -0.128. The van der Waals surface area contributed by atoms with Crippen LogP contribution in [0.25, 0.3) is 11.1 Å². The van der Waals surface area contributed by atoms with Gasteiger partial charge in [-0.2, -0.15) is 0 Å². The normalized spacial score (nSPS) is 19.3. The Morgan fingerprint density at radius 3 is 2.79 bits per heavy atom. The SMILES string of the molecule is CCCC(=O)N1CCO[C@@](Cc2cccc(-c3cccnc3)c2)(C(=O)NC)C1. The Bertz CT molecular complexity index is 825. The number of morpholine rings is 1. The number of pyridine rings is 1. The quantitative estimate of drug-likeness (QED) is 0.834. The van der Waals surface area contributed by atoms with E-state index in [0.717, 1.165) is 23.1 Å². The smallest absolute Gasteiger partial charge is 0.254 e. The van der Waals surface area contributed by atoms with Crippen LogP contribution >= 0.6 is 0 Å². The molecule has 0 radical (unpaired) electrons. The molecular weight excluding hydrogens is 354 g/mol. The molecule has 148 valence electrons. The number of benzene rings is 1. The fourth-order valence-electron chi connectivity index (χ4n) is 3.65. The second-order valence-electron chi connectivity index (χ2n) is 7.11. The van der Waals surface area contributed by atoms with Gasteiger partial charge in [0.1, 0.15) is 0 Å². The van der Waals surface area contributed by atoms with Crippen LogP contribution in [0.1, 0.15) is 25.3 Å². The third-order valence-electron chi connectivity index (χ3n) is 5.05. The maximum atomic E-state index is 12.8. The number of amides is 2. The van der Waals surface area contributed by atoms with E-state index in [9.17, 15) is 9.59 Å². The van der Waals surface area contributed by atoms with Crippen LogP contribution in [0.2, 0.25) is 0 Å². The monoisotopic (exact) mass is 381 g/mol. The summed E-state index contributed by atoms with van der Waals surface area (Å²) in [6, 6.07) is 11.9. The number of nitrogens with one attached hydrogen (secondary N) is 1. The average Bonchev–Trinajstić information content (AvgIpc) is 2.74. The highest BCUT2D eigenvalue weighted by Crippen LogP contribution is 2.27. The zero-order chi connectivity index (χ0) is 20.0. The Balaban J connectivity index is 1.87. The van der Waals surface area contributed by atoms with E-state index in [4.69, 9.17) is 4.74 Å². The van der Waals surface area contributed by atoms with Crippen LogP contribution in [-0.2, 0) is 20.7 Å². The minimum atomic E-state index is -1.08. The Kier molecular flexibility index (Phi) is 6.41. The maximum absolute atomic E-state index is 12.8. The van der Waals surface area contributed by atoms with Gasteiger partial charge in [-0.25, -0.2) is 0 Å². The lowest BCUT2D eigenvalue weighted by Crippen LogP contribution is -2.61. The molecular formula is C22H27N3O3. The van der Waals surface area contributed by atoms with Gasteiger partial charge in [0, 0.05) is 38.8 Å². The predicted molar refractivity (Wildman–Crippen MR) is 108 cm³/mol. The number of hydrogen-bond acceptors (Lipinski definition) is 4. The molecule has 1 aromatic carbocycles. The van der Waals surface area contributed by atoms with Gasteiger partial charge in [0.15, 0.2) is 5.60 Å². The molecule has 0 spiro atoms. The summed E-state index contributed by atoms with van der Waals surface area (Å²) in [6.45, 7) is 3.12. The second kappa shape index (κ2) is 8.97. The average molecular weight is 381 g/mol. The maximum Gasteiger partial charge on any atom is 0.254 e. The molecule has 6 heteroatoms. The molecule has 28 heavy (non-hydrogen) atoms. The zero-order valence-electron chi connectivity index (χ0n) is 16.5. The van der Waals surface area contributed by atoms with Crippen LogP contribution in [0.3, 0.4) is 0 Å². The van der Waals surface area contributed by atoms with Crippen molar-refractivity contribution >= 4 is 11.8 Å². The lowest BCUT2D eigenvalue weighted by atomic mass is 9.90. The van der Waals surface area contributed by atoms with Crippen molar-refractivity contribution in [3.63, 3.8) is 0 Å². The summed E-state index contributed by atoms with van der Waals surface area (Å²) < 4.78 is 6.01. The molecule has 0 aliphatic carbocycles. The number of likely N-dealkylation sites (N-methyl/N-ethyl adjacent to an activating group) is 1.